The van der Waals surface area contributed by atoms with Gasteiger partial charge < -0.3 is 9.47 Å². The van der Waals surface area contributed by atoms with Crippen LogP contribution >= 0.6 is 0 Å². The summed E-state index contributed by atoms with van der Waals surface area (Å²) in [6, 6.07) is 12.6. The molecule has 0 spiro atoms. The smallest absolute Gasteiger partial charge is 0.240 e. The highest BCUT2D eigenvalue weighted by Crippen LogP contribution is 2.21. The van der Waals surface area contributed by atoms with E-state index in [1.807, 2.05) is 38.1 Å². The molecule has 6 heteroatoms. The average Bonchev–Trinajstić information content (AvgIpc) is 2.55. The predicted octanol–water partition coefficient (Wildman–Crippen LogP) is 3.31. The highest BCUT2D eigenvalue weighted by atomic mass is 32.2. The van der Waals surface area contributed by atoms with Gasteiger partial charge in [0.05, 0.1) is 18.1 Å². The summed E-state index contributed by atoms with van der Waals surface area (Å²) >= 11 is 0. The van der Waals surface area contributed by atoms with Gasteiger partial charge in [0.15, 0.2) is 0 Å². The molecule has 0 radical (unpaired) electrons. The minimum absolute atomic E-state index is 0.130. The van der Waals surface area contributed by atoms with Crippen LogP contribution in [0.2, 0.25) is 0 Å². The van der Waals surface area contributed by atoms with Crippen molar-refractivity contribution in [1.82, 2.24) is 4.72 Å². The zero-order valence-electron chi connectivity index (χ0n) is 15.1. The Bertz CT molecular complexity index is 799. The minimum atomic E-state index is -3.54. The lowest BCUT2D eigenvalue weighted by Crippen LogP contribution is -2.26. The fourth-order valence-electron chi connectivity index (χ4n) is 2.46. The molecule has 0 unspecified atom stereocenters. The number of hydrogen-bond acceptors (Lipinski definition) is 4. The zero-order valence-corrected chi connectivity index (χ0v) is 15.9. The summed E-state index contributed by atoms with van der Waals surface area (Å²) in [6.45, 7) is 6.04. The number of rotatable bonds is 8. The Hall–Kier alpha value is -2.05. The van der Waals surface area contributed by atoms with E-state index < -0.39 is 10.0 Å². The van der Waals surface area contributed by atoms with Gasteiger partial charge >= 0.3 is 0 Å². The molecule has 0 aliphatic heterocycles. The summed E-state index contributed by atoms with van der Waals surface area (Å²) in [5.41, 5.74) is 1.70. The molecule has 25 heavy (non-hydrogen) atoms. The molecule has 1 N–H and O–H groups in total. The van der Waals surface area contributed by atoms with Crippen molar-refractivity contribution in [2.24, 2.45) is 0 Å². The Morgan fingerprint density at radius 3 is 2.24 bits per heavy atom. The summed E-state index contributed by atoms with van der Waals surface area (Å²) < 4.78 is 38.2. The molecule has 0 heterocycles. The third kappa shape index (κ3) is 5.47. The van der Waals surface area contributed by atoms with Gasteiger partial charge in [-0.3, -0.25) is 0 Å². The Morgan fingerprint density at radius 2 is 1.68 bits per heavy atom. The van der Waals surface area contributed by atoms with E-state index in [1.165, 1.54) is 0 Å². The number of hydrogen-bond donors (Lipinski definition) is 1. The lowest BCUT2D eigenvalue weighted by Gasteiger charge is -2.12. The highest BCUT2D eigenvalue weighted by molar-refractivity contribution is 7.89. The number of benzene rings is 2. The first kappa shape index (κ1) is 19.3. The van der Waals surface area contributed by atoms with E-state index in [2.05, 4.69) is 4.72 Å². The van der Waals surface area contributed by atoms with E-state index in [-0.39, 0.29) is 11.0 Å². The van der Waals surface area contributed by atoms with E-state index in [0.717, 1.165) is 11.3 Å². The second kappa shape index (κ2) is 8.36. The third-order valence-corrected chi connectivity index (χ3v) is 5.29. The quantitative estimate of drug-likeness (QED) is 0.781. The van der Waals surface area contributed by atoms with Crippen molar-refractivity contribution in [3.05, 3.63) is 53.6 Å². The van der Waals surface area contributed by atoms with Crippen LogP contribution in [0, 0.1) is 6.92 Å². The fourth-order valence-corrected chi connectivity index (χ4v) is 3.72. The van der Waals surface area contributed by atoms with Crippen LogP contribution in [0.3, 0.4) is 0 Å². The molecule has 2 rings (SSSR count). The molecule has 5 nitrogen and oxygen atoms in total. The largest absolute Gasteiger partial charge is 0.497 e. The van der Waals surface area contributed by atoms with Crippen molar-refractivity contribution < 1.29 is 17.9 Å². The summed E-state index contributed by atoms with van der Waals surface area (Å²) in [4.78, 5) is 0.272. The van der Waals surface area contributed by atoms with E-state index in [4.69, 9.17) is 9.47 Å². The molecule has 0 saturated heterocycles. The second-order valence-corrected chi connectivity index (χ2v) is 7.83. The maximum absolute atomic E-state index is 12.4. The SMILES string of the molecule is COc1ccc(S(=O)(=O)NCCc2ccc(OC(C)C)cc2)c(C)c1. The van der Waals surface area contributed by atoms with E-state index in [0.29, 0.717) is 24.3 Å². The Labute approximate surface area is 150 Å². The molecule has 2 aromatic rings. The topological polar surface area (TPSA) is 64.6 Å². The van der Waals surface area contributed by atoms with Gasteiger partial charge in [-0.1, -0.05) is 12.1 Å². The first-order valence-corrected chi connectivity index (χ1v) is 9.70. The summed E-state index contributed by atoms with van der Waals surface area (Å²) in [5.74, 6) is 1.45. The van der Waals surface area contributed by atoms with Gasteiger partial charge in [-0.05, 0) is 68.7 Å². The van der Waals surface area contributed by atoms with Gasteiger partial charge in [0.1, 0.15) is 11.5 Å². The molecule has 0 atom stereocenters. The van der Waals surface area contributed by atoms with Crippen molar-refractivity contribution in [3.8, 4) is 11.5 Å². The molecule has 0 amide bonds. The van der Waals surface area contributed by atoms with Gasteiger partial charge in [-0.15, -0.1) is 0 Å². The van der Waals surface area contributed by atoms with Gasteiger partial charge in [-0.2, -0.15) is 0 Å². The van der Waals surface area contributed by atoms with Gasteiger partial charge in [-0.25, -0.2) is 13.1 Å². The van der Waals surface area contributed by atoms with Crippen molar-refractivity contribution in [2.75, 3.05) is 13.7 Å². The molecular weight excluding hydrogens is 338 g/mol. The molecule has 0 bridgehead atoms. The standard InChI is InChI=1S/C19H25NO4S/c1-14(2)24-17-7-5-16(6-8-17)11-12-20-25(21,22)19-10-9-18(23-4)13-15(19)3/h5-10,13-14,20H,11-12H2,1-4H3. The van der Waals surface area contributed by atoms with Crippen molar-refractivity contribution in [2.45, 2.75) is 38.2 Å². The van der Waals surface area contributed by atoms with Gasteiger partial charge in [0, 0.05) is 6.54 Å². The molecule has 0 aliphatic rings. The van der Waals surface area contributed by atoms with Gasteiger partial charge in [0.25, 0.3) is 0 Å². The molecular formula is C19H25NO4S. The van der Waals surface area contributed by atoms with Crippen LogP contribution in [0.5, 0.6) is 11.5 Å². The average molecular weight is 363 g/mol. The third-order valence-electron chi connectivity index (χ3n) is 3.67. The van der Waals surface area contributed by atoms with Crippen LogP contribution in [-0.4, -0.2) is 28.2 Å². The Morgan fingerprint density at radius 1 is 1.04 bits per heavy atom. The molecule has 136 valence electrons. The first-order valence-electron chi connectivity index (χ1n) is 8.21. The van der Waals surface area contributed by atoms with Crippen LogP contribution in [0.4, 0.5) is 0 Å². The number of sulfonamides is 1. The zero-order chi connectivity index (χ0) is 18.4. The summed E-state index contributed by atoms with van der Waals surface area (Å²) in [7, 11) is -1.99. The Kier molecular flexibility index (Phi) is 6.45. The number of aryl methyl sites for hydroxylation is 1. The summed E-state index contributed by atoms with van der Waals surface area (Å²) in [6.07, 6.45) is 0.738. The van der Waals surface area contributed by atoms with Crippen molar-refractivity contribution in [3.63, 3.8) is 0 Å². The predicted molar refractivity (Wildman–Crippen MR) is 98.8 cm³/mol. The lowest BCUT2D eigenvalue weighted by atomic mass is 10.1. The van der Waals surface area contributed by atoms with Gasteiger partial charge in [0.2, 0.25) is 10.0 Å². The molecule has 0 aromatic heterocycles. The Balaban J connectivity index is 1.96. The van der Waals surface area contributed by atoms with Crippen LogP contribution in [-0.2, 0) is 16.4 Å². The normalized spacial score (nSPS) is 11.6. The maximum Gasteiger partial charge on any atom is 0.240 e. The van der Waals surface area contributed by atoms with E-state index in [1.54, 1.807) is 32.2 Å². The van der Waals surface area contributed by atoms with Crippen molar-refractivity contribution in [1.29, 1.82) is 0 Å². The second-order valence-electron chi connectivity index (χ2n) is 6.09. The number of ether oxygens (including phenoxy) is 2. The number of nitrogens with one attached hydrogen (secondary N) is 1. The van der Waals surface area contributed by atoms with Crippen LogP contribution in [0.25, 0.3) is 0 Å². The molecule has 0 saturated carbocycles. The molecule has 2 aromatic carbocycles. The fraction of sp³-hybridized carbons (Fsp3) is 0.368. The maximum atomic E-state index is 12.4. The van der Waals surface area contributed by atoms with Crippen LogP contribution in [0.15, 0.2) is 47.4 Å². The minimum Gasteiger partial charge on any atom is -0.497 e. The van der Waals surface area contributed by atoms with E-state index in [9.17, 15) is 8.42 Å². The first-order chi connectivity index (χ1) is 11.8. The van der Waals surface area contributed by atoms with Crippen LogP contribution < -0.4 is 14.2 Å². The lowest BCUT2D eigenvalue weighted by molar-refractivity contribution is 0.242. The molecule has 0 fully saturated rings. The summed E-state index contributed by atoms with van der Waals surface area (Å²) in [5, 5.41) is 0. The monoisotopic (exact) mass is 363 g/mol. The van der Waals surface area contributed by atoms with Crippen LogP contribution in [0.1, 0.15) is 25.0 Å². The molecule has 0 aliphatic carbocycles. The van der Waals surface area contributed by atoms with Crippen molar-refractivity contribution >= 4 is 10.0 Å². The highest BCUT2D eigenvalue weighted by Gasteiger charge is 2.16. The number of methoxy groups -OCH3 is 1. The van der Waals surface area contributed by atoms with E-state index >= 15 is 0 Å².